The molecule has 25 heavy (non-hydrogen) atoms. The Morgan fingerprint density at radius 3 is 2.72 bits per heavy atom. The SMILES string of the molecule is CCOC(=O)CCC(=O)Nc1c2c(nn1-c1ccc(C)cc1)CSC2. The zero-order valence-corrected chi connectivity index (χ0v) is 15.2. The first-order valence-corrected chi connectivity index (χ1v) is 9.45. The fourth-order valence-electron chi connectivity index (χ4n) is 2.66. The van der Waals surface area contributed by atoms with Gasteiger partial charge in [-0.25, -0.2) is 4.68 Å². The lowest BCUT2D eigenvalue weighted by Crippen LogP contribution is -2.17. The fourth-order valence-corrected chi connectivity index (χ4v) is 3.69. The summed E-state index contributed by atoms with van der Waals surface area (Å²) in [5, 5.41) is 7.60. The summed E-state index contributed by atoms with van der Waals surface area (Å²) in [6.07, 6.45) is 0.176. The molecule has 2 heterocycles. The number of ether oxygens (including phenoxy) is 1. The molecule has 0 saturated carbocycles. The molecule has 0 saturated heterocycles. The maximum atomic E-state index is 12.3. The largest absolute Gasteiger partial charge is 0.466 e. The number of rotatable bonds is 6. The molecule has 6 nitrogen and oxygen atoms in total. The van der Waals surface area contributed by atoms with Gasteiger partial charge in [-0.2, -0.15) is 16.9 Å². The molecular weight excluding hydrogens is 338 g/mol. The topological polar surface area (TPSA) is 73.2 Å². The summed E-state index contributed by atoms with van der Waals surface area (Å²) in [5.74, 6) is 1.82. The van der Waals surface area contributed by atoms with Crippen LogP contribution in [-0.2, 0) is 25.8 Å². The molecule has 1 aliphatic heterocycles. The molecule has 132 valence electrons. The molecule has 1 N–H and O–H groups in total. The lowest BCUT2D eigenvalue weighted by molar-refractivity contribution is -0.144. The number of carbonyl (C=O) groups is 2. The molecular formula is C18H21N3O3S. The molecule has 0 fully saturated rings. The van der Waals surface area contributed by atoms with Crippen molar-refractivity contribution in [2.45, 2.75) is 38.2 Å². The second-order valence-corrected chi connectivity index (χ2v) is 6.85. The van der Waals surface area contributed by atoms with Crippen molar-refractivity contribution < 1.29 is 14.3 Å². The van der Waals surface area contributed by atoms with Gasteiger partial charge in [0, 0.05) is 23.5 Å². The summed E-state index contributed by atoms with van der Waals surface area (Å²) in [6.45, 7) is 4.10. The van der Waals surface area contributed by atoms with Crippen LogP contribution in [0, 0.1) is 6.92 Å². The van der Waals surface area contributed by atoms with Crippen LogP contribution < -0.4 is 5.32 Å². The van der Waals surface area contributed by atoms with E-state index in [9.17, 15) is 9.59 Å². The summed E-state index contributed by atoms with van der Waals surface area (Å²) in [7, 11) is 0. The monoisotopic (exact) mass is 359 g/mol. The number of hydrogen-bond donors (Lipinski definition) is 1. The van der Waals surface area contributed by atoms with Crippen molar-refractivity contribution in [3.8, 4) is 5.69 Å². The third kappa shape index (κ3) is 4.04. The molecule has 1 aromatic heterocycles. The first kappa shape index (κ1) is 17.5. The highest BCUT2D eigenvalue weighted by Crippen LogP contribution is 2.36. The predicted octanol–water partition coefficient (Wildman–Crippen LogP) is 3.21. The number of nitrogens with one attached hydrogen (secondary N) is 1. The van der Waals surface area contributed by atoms with E-state index in [-0.39, 0.29) is 24.7 Å². The van der Waals surface area contributed by atoms with Crippen molar-refractivity contribution >= 4 is 29.5 Å². The molecule has 0 radical (unpaired) electrons. The molecule has 0 spiro atoms. The molecule has 2 aromatic rings. The van der Waals surface area contributed by atoms with E-state index in [0.717, 1.165) is 28.5 Å². The van der Waals surface area contributed by atoms with Crippen molar-refractivity contribution in [1.29, 1.82) is 0 Å². The van der Waals surface area contributed by atoms with Crippen LogP contribution in [0.4, 0.5) is 5.82 Å². The number of nitrogens with zero attached hydrogens (tertiary/aromatic N) is 2. The lowest BCUT2D eigenvalue weighted by Gasteiger charge is -2.11. The van der Waals surface area contributed by atoms with E-state index in [2.05, 4.69) is 10.4 Å². The Labute approximate surface area is 150 Å². The van der Waals surface area contributed by atoms with Gasteiger partial charge in [0.1, 0.15) is 5.82 Å². The highest BCUT2D eigenvalue weighted by Gasteiger charge is 2.24. The Balaban J connectivity index is 1.79. The van der Waals surface area contributed by atoms with Crippen LogP contribution in [0.1, 0.15) is 36.6 Å². The van der Waals surface area contributed by atoms with Crippen LogP contribution >= 0.6 is 11.8 Å². The number of aryl methyl sites for hydroxylation is 1. The molecule has 0 atom stereocenters. The summed E-state index contributed by atoms with van der Waals surface area (Å²) in [6, 6.07) is 8.00. The van der Waals surface area contributed by atoms with Crippen molar-refractivity contribution in [3.05, 3.63) is 41.1 Å². The fraction of sp³-hybridized carbons (Fsp3) is 0.389. The van der Waals surface area contributed by atoms with Gasteiger partial charge in [0.05, 0.1) is 24.4 Å². The minimum Gasteiger partial charge on any atom is -0.466 e. The van der Waals surface area contributed by atoms with E-state index in [4.69, 9.17) is 4.74 Å². The average molecular weight is 359 g/mol. The predicted molar refractivity (Wildman–Crippen MR) is 97.8 cm³/mol. The van der Waals surface area contributed by atoms with E-state index in [1.54, 1.807) is 23.4 Å². The number of anilines is 1. The van der Waals surface area contributed by atoms with E-state index in [0.29, 0.717) is 12.4 Å². The van der Waals surface area contributed by atoms with E-state index >= 15 is 0 Å². The van der Waals surface area contributed by atoms with Crippen LogP contribution in [-0.4, -0.2) is 28.3 Å². The number of carbonyl (C=O) groups excluding carboxylic acids is 2. The third-order valence-electron chi connectivity index (χ3n) is 3.95. The van der Waals surface area contributed by atoms with Crippen molar-refractivity contribution in [1.82, 2.24) is 9.78 Å². The summed E-state index contributed by atoms with van der Waals surface area (Å²) >= 11 is 1.78. The zero-order chi connectivity index (χ0) is 17.8. The maximum Gasteiger partial charge on any atom is 0.306 e. The Bertz CT molecular complexity index is 784. The van der Waals surface area contributed by atoms with Crippen molar-refractivity contribution in [3.63, 3.8) is 0 Å². The minimum absolute atomic E-state index is 0.0787. The number of aromatic nitrogens is 2. The molecule has 1 aromatic carbocycles. The quantitative estimate of drug-likeness (QED) is 0.802. The normalized spacial score (nSPS) is 12.7. The van der Waals surface area contributed by atoms with Gasteiger partial charge in [0.15, 0.2) is 0 Å². The minimum atomic E-state index is -0.356. The second kappa shape index (κ2) is 7.74. The average Bonchev–Trinajstić information content (AvgIpc) is 3.17. The Morgan fingerprint density at radius 2 is 2.00 bits per heavy atom. The molecule has 1 aliphatic rings. The molecule has 0 unspecified atom stereocenters. The van der Waals surface area contributed by atoms with E-state index < -0.39 is 0 Å². The molecule has 0 bridgehead atoms. The Kier molecular flexibility index (Phi) is 5.43. The smallest absolute Gasteiger partial charge is 0.306 e. The highest BCUT2D eigenvalue weighted by atomic mass is 32.2. The van der Waals surface area contributed by atoms with E-state index in [1.165, 1.54) is 5.56 Å². The van der Waals surface area contributed by atoms with Crippen LogP contribution in [0.3, 0.4) is 0 Å². The van der Waals surface area contributed by atoms with Gasteiger partial charge >= 0.3 is 5.97 Å². The van der Waals surface area contributed by atoms with Gasteiger partial charge < -0.3 is 10.1 Å². The van der Waals surface area contributed by atoms with Crippen LogP contribution in [0.2, 0.25) is 0 Å². The first-order chi connectivity index (χ1) is 12.1. The summed E-state index contributed by atoms with van der Waals surface area (Å²) in [5.41, 5.74) is 4.14. The summed E-state index contributed by atoms with van der Waals surface area (Å²) in [4.78, 5) is 23.7. The lowest BCUT2D eigenvalue weighted by atomic mass is 10.2. The van der Waals surface area contributed by atoms with Gasteiger partial charge in [-0.3, -0.25) is 9.59 Å². The highest BCUT2D eigenvalue weighted by molar-refractivity contribution is 7.98. The van der Waals surface area contributed by atoms with Gasteiger partial charge in [0.25, 0.3) is 0 Å². The Morgan fingerprint density at radius 1 is 1.24 bits per heavy atom. The number of thioether (sulfide) groups is 1. The standard InChI is InChI=1S/C18H21N3O3S/c1-3-24-17(23)9-8-16(22)19-18-14-10-25-11-15(14)20-21(18)13-6-4-12(2)5-7-13/h4-7H,3,8-11H2,1-2H3,(H,19,22). The Hall–Kier alpha value is -2.28. The number of fused-ring (bicyclic) bond motifs is 1. The number of amides is 1. The van der Waals surface area contributed by atoms with E-state index in [1.807, 2.05) is 31.2 Å². The van der Waals surface area contributed by atoms with Crippen LogP contribution in [0.15, 0.2) is 24.3 Å². The van der Waals surface area contributed by atoms with Gasteiger partial charge in [-0.15, -0.1) is 0 Å². The summed E-state index contributed by atoms with van der Waals surface area (Å²) < 4.78 is 6.65. The second-order valence-electron chi connectivity index (χ2n) is 5.87. The zero-order valence-electron chi connectivity index (χ0n) is 14.4. The van der Waals surface area contributed by atoms with Gasteiger partial charge in [0.2, 0.25) is 5.91 Å². The molecule has 7 heteroatoms. The first-order valence-electron chi connectivity index (χ1n) is 8.29. The molecule has 3 rings (SSSR count). The molecule has 0 aliphatic carbocycles. The third-order valence-corrected chi connectivity index (χ3v) is 4.92. The maximum absolute atomic E-state index is 12.3. The van der Waals surface area contributed by atoms with Gasteiger partial charge in [-0.1, -0.05) is 17.7 Å². The number of benzene rings is 1. The van der Waals surface area contributed by atoms with Crippen LogP contribution in [0.25, 0.3) is 5.69 Å². The number of hydrogen-bond acceptors (Lipinski definition) is 5. The number of esters is 1. The molecule has 1 amide bonds. The van der Waals surface area contributed by atoms with Crippen molar-refractivity contribution in [2.24, 2.45) is 0 Å². The van der Waals surface area contributed by atoms with Crippen LogP contribution in [0.5, 0.6) is 0 Å². The van der Waals surface area contributed by atoms with Gasteiger partial charge in [-0.05, 0) is 26.0 Å². The van der Waals surface area contributed by atoms with Crippen molar-refractivity contribution in [2.75, 3.05) is 11.9 Å².